The largest absolute Gasteiger partial charge is 0.492 e. The van der Waals surface area contributed by atoms with Crippen LogP contribution < -0.4 is 10.5 Å². The zero-order chi connectivity index (χ0) is 22.5. The first kappa shape index (κ1) is 23.7. The predicted octanol–water partition coefficient (Wildman–Crippen LogP) is 4.15. The Labute approximate surface area is 180 Å². The molecule has 9 nitrogen and oxygen atoms in total. The van der Waals surface area contributed by atoms with Gasteiger partial charge in [-0.05, 0) is 58.4 Å². The van der Waals surface area contributed by atoms with Crippen molar-refractivity contribution in [3.63, 3.8) is 0 Å². The molecule has 1 aromatic carbocycles. The molecule has 10 heteroatoms. The lowest BCUT2D eigenvalue weighted by atomic mass is 9.92. The van der Waals surface area contributed by atoms with Gasteiger partial charge in [0, 0.05) is 24.7 Å². The van der Waals surface area contributed by atoms with E-state index in [0.29, 0.717) is 32.0 Å². The molecule has 1 aliphatic rings. The molecule has 1 heterocycles. The molecule has 166 valence electrons. The van der Waals surface area contributed by atoms with E-state index in [4.69, 9.17) is 26.8 Å². The van der Waals surface area contributed by atoms with Crippen LogP contribution in [0.4, 0.5) is 10.5 Å². The Balaban J connectivity index is 1.82. The van der Waals surface area contributed by atoms with E-state index in [-0.39, 0.29) is 22.4 Å². The summed E-state index contributed by atoms with van der Waals surface area (Å²) in [6, 6.07) is 2.35. The monoisotopic (exact) mass is 441 g/mol. The molecule has 0 aromatic heterocycles. The second kappa shape index (κ2) is 9.97. The molecule has 0 spiro atoms. The van der Waals surface area contributed by atoms with Crippen LogP contribution in [0.5, 0.6) is 5.75 Å². The molecule has 2 amide bonds. The van der Waals surface area contributed by atoms with Gasteiger partial charge >= 0.3 is 6.09 Å². The summed E-state index contributed by atoms with van der Waals surface area (Å²) < 4.78 is 11.0. The van der Waals surface area contributed by atoms with Crippen molar-refractivity contribution in [2.45, 2.75) is 52.1 Å². The smallest absolute Gasteiger partial charge is 0.410 e. The summed E-state index contributed by atoms with van der Waals surface area (Å²) in [5, 5.41) is 11.0. The fourth-order valence-corrected chi connectivity index (χ4v) is 3.48. The van der Waals surface area contributed by atoms with Gasteiger partial charge in [0.05, 0.1) is 11.5 Å². The second-order valence-corrected chi connectivity index (χ2v) is 8.71. The fraction of sp³-hybridized carbons (Fsp3) is 0.600. The maximum absolute atomic E-state index is 12.1. The van der Waals surface area contributed by atoms with Crippen molar-refractivity contribution in [1.29, 1.82) is 0 Å². The summed E-state index contributed by atoms with van der Waals surface area (Å²) in [4.78, 5) is 35.7. The van der Waals surface area contributed by atoms with E-state index >= 15 is 0 Å². The highest BCUT2D eigenvalue weighted by atomic mass is 35.5. The molecule has 0 unspecified atom stereocenters. The minimum absolute atomic E-state index is 0.0318. The van der Waals surface area contributed by atoms with Gasteiger partial charge < -0.3 is 20.1 Å². The number of hydrogen-bond acceptors (Lipinski definition) is 6. The van der Waals surface area contributed by atoms with Crippen LogP contribution in [0, 0.1) is 16.0 Å². The topological polar surface area (TPSA) is 125 Å². The molecule has 1 saturated heterocycles. The van der Waals surface area contributed by atoms with Crippen LogP contribution in [0.15, 0.2) is 12.1 Å². The highest BCUT2D eigenvalue weighted by Gasteiger charge is 2.27. The van der Waals surface area contributed by atoms with Crippen LogP contribution in [0.2, 0.25) is 5.02 Å². The van der Waals surface area contributed by atoms with Crippen molar-refractivity contribution >= 4 is 29.3 Å². The van der Waals surface area contributed by atoms with Crippen LogP contribution in [0.1, 0.15) is 56.8 Å². The average molecular weight is 442 g/mol. The van der Waals surface area contributed by atoms with E-state index in [0.717, 1.165) is 25.3 Å². The first-order chi connectivity index (χ1) is 14.0. The first-order valence-electron chi connectivity index (χ1n) is 9.86. The van der Waals surface area contributed by atoms with E-state index in [1.165, 1.54) is 6.07 Å². The number of halogens is 1. The van der Waals surface area contributed by atoms with E-state index in [1.807, 2.05) is 20.8 Å². The Bertz CT molecular complexity index is 800. The van der Waals surface area contributed by atoms with E-state index in [9.17, 15) is 19.7 Å². The summed E-state index contributed by atoms with van der Waals surface area (Å²) >= 11 is 6.03. The number of amides is 2. The Morgan fingerprint density at radius 3 is 2.47 bits per heavy atom. The summed E-state index contributed by atoms with van der Waals surface area (Å²) in [5.74, 6) is -0.273. The number of carbonyl (C=O) groups is 2. The SMILES string of the molecule is CC(C)(C)OC(=O)N1CCC(CCCOc2cc(C(N)=O)cc([N+](=O)[O-])c2Cl)CC1. The minimum Gasteiger partial charge on any atom is -0.492 e. The third kappa shape index (κ3) is 6.76. The zero-order valence-electron chi connectivity index (χ0n) is 17.5. The van der Waals surface area contributed by atoms with Crippen molar-refractivity contribution in [2.24, 2.45) is 11.7 Å². The predicted molar refractivity (Wildman–Crippen MR) is 112 cm³/mol. The van der Waals surface area contributed by atoms with Gasteiger partial charge in [0.25, 0.3) is 5.69 Å². The lowest BCUT2D eigenvalue weighted by molar-refractivity contribution is -0.384. The zero-order valence-corrected chi connectivity index (χ0v) is 18.2. The third-order valence-corrected chi connectivity index (χ3v) is 5.16. The summed E-state index contributed by atoms with van der Waals surface area (Å²) in [7, 11) is 0. The molecule has 2 rings (SSSR count). The molecule has 1 aliphatic heterocycles. The van der Waals surface area contributed by atoms with Crippen LogP contribution in [-0.4, -0.2) is 47.1 Å². The molecular formula is C20H28ClN3O6. The number of hydrogen-bond donors (Lipinski definition) is 1. The molecule has 0 radical (unpaired) electrons. The number of benzene rings is 1. The minimum atomic E-state index is -0.795. The van der Waals surface area contributed by atoms with Gasteiger partial charge in [0.15, 0.2) is 5.02 Å². The molecular weight excluding hydrogens is 414 g/mol. The summed E-state index contributed by atoms with van der Waals surface area (Å²) in [5.41, 5.74) is 4.27. The van der Waals surface area contributed by atoms with Crippen molar-refractivity contribution in [2.75, 3.05) is 19.7 Å². The molecule has 0 aliphatic carbocycles. The fourth-order valence-electron chi connectivity index (χ4n) is 3.25. The Hall–Kier alpha value is -2.55. The number of piperidine rings is 1. The van der Waals surface area contributed by atoms with Crippen molar-refractivity contribution in [1.82, 2.24) is 4.90 Å². The van der Waals surface area contributed by atoms with Gasteiger partial charge in [0.2, 0.25) is 5.91 Å². The van der Waals surface area contributed by atoms with Crippen LogP contribution in [0.3, 0.4) is 0 Å². The molecule has 30 heavy (non-hydrogen) atoms. The van der Waals surface area contributed by atoms with Crippen LogP contribution in [-0.2, 0) is 4.74 Å². The molecule has 0 bridgehead atoms. The maximum atomic E-state index is 12.1. The van der Waals surface area contributed by atoms with Crippen LogP contribution >= 0.6 is 11.6 Å². The van der Waals surface area contributed by atoms with Gasteiger partial charge in [-0.15, -0.1) is 0 Å². The summed E-state index contributed by atoms with van der Waals surface area (Å²) in [6.45, 7) is 7.14. The number of carbonyl (C=O) groups excluding carboxylic acids is 2. The molecule has 1 fully saturated rings. The molecule has 1 aromatic rings. The molecule has 2 N–H and O–H groups in total. The van der Waals surface area contributed by atoms with E-state index in [2.05, 4.69) is 0 Å². The first-order valence-corrected chi connectivity index (χ1v) is 10.2. The normalized spacial score (nSPS) is 15.0. The van der Waals surface area contributed by atoms with E-state index in [1.54, 1.807) is 4.90 Å². The summed E-state index contributed by atoms with van der Waals surface area (Å²) in [6.07, 6.45) is 3.07. The highest BCUT2D eigenvalue weighted by molar-refractivity contribution is 6.34. The standard InChI is InChI=1S/C20H28ClN3O6/c1-20(2,3)30-19(26)23-8-6-13(7-9-23)5-4-10-29-16-12-14(18(22)25)11-15(17(16)21)24(27)28/h11-13H,4-10H2,1-3H3,(H2,22,25). The lowest BCUT2D eigenvalue weighted by Gasteiger charge is -2.33. The molecule has 0 saturated carbocycles. The van der Waals surface area contributed by atoms with E-state index < -0.39 is 22.1 Å². The number of likely N-dealkylation sites (tertiary alicyclic amines) is 1. The van der Waals surface area contributed by atoms with Gasteiger partial charge in [-0.3, -0.25) is 14.9 Å². The van der Waals surface area contributed by atoms with Gasteiger partial charge in [-0.1, -0.05) is 11.6 Å². The Morgan fingerprint density at radius 2 is 1.93 bits per heavy atom. The van der Waals surface area contributed by atoms with Crippen molar-refractivity contribution in [3.8, 4) is 5.75 Å². The van der Waals surface area contributed by atoms with Crippen molar-refractivity contribution < 1.29 is 24.0 Å². The highest BCUT2D eigenvalue weighted by Crippen LogP contribution is 2.35. The lowest BCUT2D eigenvalue weighted by Crippen LogP contribution is -2.41. The van der Waals surface area contributed by atoms with Gasteiger partial charge in [-0.25, -0.2) is 4.79 Å². The number of rotatable bonds is 7. The number of nitrogens with two attached hydrogens (primary N) is 1. The maximum Gasteiger partial charge on any atom is 0.410 e. The van der Waals surface area contributed by atoms with Gasteiger partial charge in [-0.2, -0.15) is 0 Å². The number of nitro groups is 1. The average Bonchev–Trinajstić information content (AvgIpc) is 2.65. The Morgan fingerprint density at radius 1 is 1.30 bits per heavy atom. The molecule has 0 atom stereocenters. The number of ether oxygens (including phenoxy) is 2. The Kier molecular flexibility index (Phi) is 7.89. The number of nitro benzene ring substituents is 1. The third-order valence-electron chi connectivity index (χ3n) is 4.78. The number of primary amides is 1. The second-order valence-electron chi connectivity index (χ2n) is 8.33. The number of nitrogens with zero attached hydrogens (tertiary/aromatic N) is 2. The quantitative estimate of drug-likeness (QED) is 0.384. The van der Waals surface area contributed by atoms with Crippen molar-refractivity contribution in [3.05, 3.63) is 32.8 Å². The van der Waals surface area contributed by atoms with Crippen LogP contribution in [0.25, 0.3) is 0 Å². The van der Waals surface area contributed by atoms with Gasteiger partial charge in [0.1, 0.15) is 11.4 Å².